The maximum absolute atomic E-state index is 11.6. The van der Waals surface area contributed by atoms with E-state index in [0.29, 0.717) is 23.5 Å². The van der Waals surface area contributed by atoms with E-state index in [1.807, 2.05) is 6.92 Å². The van der Waals surface area contributed by atoms with Crippen molar-refractivity contribution in [3.63, 3.8) is 0 Å². The van der Waals surface area contributed by atoms with Gasteiger partial charge < -0.3 is 21.1 Å². The lowest BCUT2D eigenvalue weighted by Gasteiger charge is -2.16. The summed E-state index contributed by atoms with van der Waals surface area (Å²) in [6.07, 6.45) is 0. The van der Waals surface area contributed by atoms with E-state index in [4.69, 9.17) is 5.73 Å². The molecule has 0 radical (unpaired) electrons. The van der Waals surface area contributed by atoms with Crippen LogP contribution in [0.5, 0.6) is 0 Å². The number of rotatable bonds is 5. The molecular formula is C13H19N3O3. The molecule has 0 heterocycles. The van der Waals surface area contributed by atoms with Crippen LogP contribution in [0.15, 0.2) is 18.2 Å². The monoisotopic (exact) mass is 265 g/mol. The van der Waals surface area contributed by atoms with Gasteiger partial charge >= 0.3 is 5.97 Å². The molecule has 0 saturated carbocycles. The van der Waals surface area contributed by atoms with E-state index in [9.17, 15) is 9.59 Å². The van der Waals surface area contributed by atoms with Crippen LogP contribution in [0.4, 0.5) is 11.4 Å². The molecule has 0 aliphatic rings. The first kappa shape index (κ1) is 14.8. The fourth-order valence-electron chi connectivity index (χ4n) is 1.55. The summed E-state index contributed by atoms with van der Waals surface area (Å²) in [4.78, 5) is 23.1. The van der Waals surface area contributed by atoms with Crippen LogP contribution in [0.25, 0.3) is 0 Å². The van der Waals surface area contributed by atoms with Crippen LogP contribution in [-0.4, -0.2) is 31.6 Å². The summed E-state index contributed by atoms with van der Waals surface area (Å²) >= 11 is 0. The normalized spacial score (nSPS) is 11.5. The highest BCUT2D eigenvalue weighted by atomic mass is 16.5. The van der Waals surface area contributed by atoms with Crippen molar-refractivity contribution in [1.82, 2.24) is 5.32 Å². The largest absolute Gasteiger partial charge is 0.465 e. The Hall–Kier alpha value is -2.24. The van der Waals surface area contributed by atoms with Crippen LogP contribution in [0, 0.1) is 0 Å². The molecule has 0 fully saturated rings. The lowest BCUT2D eigenvalue weighted by molar-refractivity contribution is -0.121. The highest BCUT2D eigenvalue weighted by Gasteiger charge is 2.14. The zero-order chi connectivity index (χ0) is 14.4. The summed E-state index contributed by atoms with van der Waals surface area (Å²) in [6, 6.07) is 4.29. The number of nitrogens with one attached hydrogen (secondary N) is 2. The number of methoxy groups -OCH3 is 1. The van der Waals surface area contributed by atoms with E-state index < -0.39 is 12.0 Å². The average molecular weight is 265 g/mol. The number of hydrogen-bond acceptors (Lipinski definition) is 5. The fraction of sp³-hybridized carbons (Fsp3) is 0.385. The fourth-order valence-corrected chi connectivity index (χ4v) is 1.55. The molecule has 1 atom stereocenters. The number of carbonyl (C=O) groups is 2. The Bertz CT molecular complexity index is 474. The summed E-state index contributed by atoms with van der Waals surface area (Å²) in [7, 11) is 1.31. The zero-order valence-corrected chi connectivity index (χ0v) is 11.3. The first-order valence-electron chi connectivity index (χ1n) is 6.01. The number of hydrogen-bond donors (Lipinski definition) is 3. The van der Waals surface area contributed by atoms with E-state index >= 15 is 0 Å². The first-order valence-corrected chi connectivity index (χ1v) is 6.01. The van der Waals surface area contributed by atoms with E-state index in [2.05, 4.69) is 15.4 Å². The van der Waals surface area contributed by atoms with Gasteiger partial charge in [0.2, 0.25) is 5.91 Å². The number of carbonyl (C=O) groups excluding carboxylic acids is 2. The standard InChI is InChI=1S/C13H19N3O3/c1-4-15-12(17)8(2)16-11-7-9(13(18)19-3)5-6-10(11)14/h5-8,16H,4,14H2,1-3H3,(H,15,17). The first-order chi connectivity index (χ1) is 8.99. The van der Waals surface area contributed by atoms with Crippen molar-refractivity contribution >= 4 is 23.3 Å². The maximum Gasteiger partial charge on any atom is 0.337 e. The van der Waals surface area contributed by atoms with Crippen molar-refractivity contribution in [3.8, 4) is 0 Å². The van der Waals surface area contributed by atoms with Gasteiger partial charge in [0.15, 0.2) is 0 Å². The zero-order valence-electron chi connectivity index (χ0n) is 11.3. The summed E-state index contributed by atoms with van der Waals surface area (Å²) < 4.78 is 4.64. The Morgan fingerprint density at radius 3 is 2.68 bits per heavy atom. The quantitative estimate of drug-likeness (QED) is 0.545. The number of amides is 1. The number of ether oxygens (including phenoxy) is 1. The number of nitrogens with two attached hydrogens (primary N) is 1. The van der Waals surface area contributed by atoms with E-state index in [1.54, 1.807) is 25.1 Å². The Morgan fingerprint density at radius 2 is 2.11 bits per heavy atom. The molecule has 1 rings (SSSR count). The third-order valence-corrected chi connectivity index (χ3v) is 2.59. The smallest absolute Gasteiger partial charge is 0.337 e. The van der Waals surface area contributed by atoms with Crippen LogP contribution in [0.1, 0.15) is 24.2 Å². The molecule has 4 N–H and O–H groups in total. The molecule has 104 valence electrons. The summed E-state index contributed by atoms with van der Waals surface area (Å²) in [6.45, 7) is 4.12. The Labute approximate surface area is 112 Å². The third-order valence-electron chi connectivity index (χ3n) is 2.59. The van der Waals surface area contributed by atoms with Gasteiger partial charge in [-0.3, -0.25) is 4.79 Å². The van der Waals surface area contributed by atoms with Crippen LogP contribution in [0.3, 0.4) is 0 Å². The lowest BCUT2D eigenvalue weighted by atomic mass is 10.1. The molecule has 0 bridgehead atoms. The second kappa shape index (κ2) is 6.63. The van der Waals surface area contributed by atoms with E-state index in [1.165, 1.54) is 7.11 Å². The third kappa shape index (κ3) is 3.87. The second-order valence-electron chi connectivity index (χ2n) is 4.05. The molecule has 1 aromatic carbocycles. The Balaban J connectivity index is 2.88. The highest BCUT2D eigenvalue weighted by Crippen LogP contribution is 2.21. The number of anilines is 2. The summed E-state index contributed by atoms with van der Waals surface area (Å²) in [5.74, 6) is -0.584. The van der Waals surface area contributed by atoms with E-state index in [0.717, 1.165) is 0 Å². The summed E-state index contributed by atoms with van der Waals surface area (Å²) in [5.41, 5.74) is 7.18. The van der Waals surface area contributed by atoms with Gasteiger partial charge in [-0.25, -0.2) is 4.79 Å². The van der Waals surface area contributed by atoms with Gasteiger partial charge in [-0.1, -0.05) is 0 Å². The van der Waals surface area contributed by atoms with Crippen molar-refractivity contribution in [2.24, 2.45) is 0 Å². The molecule has 6 heteroatoms. The summed E-state index contributed by atoms with van der Waals surface area (Å²) in [5, 5.41) is 5.67. The molecule has 0 aliphatic heterocycles. The van der Waals surface area contributed by atoms with Crippen molar-refractivity contribution in [2.45, 2.75) is 19.9 Å². The average Bonchev–Trinajstić information content (AvgIpc) is 2.40. The van der Waals surface area contributed by atoms with Crippen molar-refractivity contribution in [2.75, 3.05) is 24.7 Å². The molecule has 0 spiro atoms. The number of likely N-dealkylation sites (N-methyl/N-ethyl adjacent to an activating group) is 1. The van der Waals surface area contributed by atoms with Crippen molar-refractivity contribution in [3.05, 3.63) is 23.8 Å². The van der Waals surface area contributed by atoms with Gasteiger partial charge in [0.05, 0.1) is 24.0 Å². The van der Waals surface area contributed by atoms with Crippen LogP contribution in [-0.2, 0) is 9.53 Å². The predicted octanol–water partition coefficient (Wildman–Crippen LogP) is 0.992. The topological polar surface area (TPSA) is 93.5 Å². The molecule has 6 nitrogen and oxygen atoms in total. The molecule has 0 aliphatic carbocycles. The highest BCUT2D eigenvalue weighted by molar-refractivity contribution is 5.92. The van der Waals surface area contributed by atoms with Crippen LogP contribution < -0.4 is 16.4 Å². The number of benzene rings is 1. The lowest BCUT2D eigenvalue weighted by Crippen LogP contribution is -2.37. The van der Waals surface area contributed by atoms with Gasteiger partial charge in [0, 0.05) is 6.54 Å². The van der Waals surface area contributed by atoms with Gasteiger partial charge in [-0.05, 0) is 32.0 Å². The Morgan fingerprint density at radius 1 is 1.42 bits per heavy atom. The van der Waals surface area contributed by atoms with Crippen LogP contribution in [0.2, 0.25) is 0 Å². The molecule has 1 amide bonds. The van der Waals surface area contributed by atoms with Gasteiger partial charge in [-0.15, -0.1) is 0 Å². The van der Waals surface area contributed by atoms with Gasteiger partial charge in [-0.2, -0.15) is 0 Å². The van der Waals surface area contributed by atoms with Gasteiger partial charge in [0.1, 0.15) is 6.04 Å². The molecule has 0 saturated heterocycles. The Kier molecular flexibility index (Phi) is 5.17. The number of esters is 1. The van der Waals surface area contributed by atoms with Crippen molar-refractivity contribution < 1.29 is 14.3 Å². The molecule has 1 unspecified atom stereocenters. The second-order valence-corrected chi connectivity index (χ2v) is 4.05. The number of nitrogen functional groups attached to an aromatic ring is 1. The molecule has 1 aromatic rings. The maximum atomic E-state index is 11.6. The minimum atomic E-state index is -0.450. The molecule has 19 heavy (non-hydrogen) atoms. The van der Waals surface area contributed by atoms with Gasteiger partial charge in [0.25, 0.3) is 0 Å². The molecule has 0 aromatic heterocycles. The minimum Gasteiger partial charge on any atom is -0.465 e. The van der Waals surface area contributed by atoms with Crippen LogP contribution >= 0.6 is 0 Å². The minimum absolute atomic E-state index is 0.134. The van der Waals surface area contributed by atoms with E-state index in [-0.39, 0.29) is 5.91 Å². The SMILES string of the molecule is CCNC(=O)C(C)Nc1cc(C(=O)OC)ccc1N. The van der Waals surface area contributed by atoms with Crippen molar-refractivity contribution in [1.29, 1.82) is 0 Å². The molecular weight excluding hydrogens is 246 g/mol. The predicted molar refractivity (Wildman–Crippen MR) is 74.0 cm³/mol.